The summed E-state index contributed by atoms with van der Waals surface area (Å²) in [6.07, 6.45) is 4.86. The number of hydrogen-bond donors (Lipinski definition) is 0. The van der Waals surface area contributed by atoms with Crippen LogP contribution >= 0.6 is 8.58 Å². The summed E-state index contributed by atoms with van der Waals surface area (Å²) in [5, 5.41) is -0.718. The lowest BCUT2D eigenvalue weighted by Gasteiger charge is -2.35. The summed E-state index contributed by atoms with van der Waals surface area (Å²) in [6, 6.07) is 134. The van der Waals surface area contributed by atoms with Crippen LogP contribution in [0.5, 0.6) is 0 Å². The number of halogens is 4. The second-order valence-electron chi connectivity index (χ2n) is 24.4. The van der Waals surface area contributed by atoms with Gasteiger partial charge in [-0.15, -0.1) is 0 Å². The van der Waals surface area contributed by atoms with E-state index in [0.29, 0.717) is 0 Å². The summed E-state index contributed by atoms with van der Waals surface area (Å²) in [5.74, 6) is -0.652. The molecule has 14 aromatic rings. The van der Waals surface area contributed by atoms with Gasteiger partial charge in [0.2, 0.25) is 0 Å². The number of aryl methyl sites for hydroxylation is 2. The Morgan fingerprint density at radius 3 is 0.760 bits per heavy atom. The molecule has 8 heteroatoms. The van der Waals surface area contributed by atoms with Gasteiger partial charge in [-0.2, -0.15) is 9.13 Å². The Labute approximate surface area is 563 Å². The third kappa shape index (κ3) is 13.9. The topological polar surface area (TPSA) is 8.81 Å². The van der Waals surface area contributed by atoms with Crippen molar-refractivity contribution in [1.29, 1.82) is 0 Å². The van der Waals surface area contributed by atoms with Crippen molar-refractivity contribution in [2.45, 2.75) is 42.7 Å². The molecule has 0 saturated carbocycles. The molecule has 470 valence electrons. The van der Waals surface area contributed by atoms with Gasteiger partial charge in [0.25, 0.3) is 5.57 Å². The van der Waals surface area contributed by atoms with Gasteiger partial charge in [-0.05, 0) is 75.0 Å². The molecule has 1 heterocycles. The molecule has 0 aliphatic carbocycles. The van der Waals surface area contributed by atoms with E-state index < -0.39 is 12.4 Å². The average molecular weight is 1280 g/mol. The van der Waals surface area contributed by atoms with Crippen LogP contribution < -0.4 is 10.1 Å². The number of benzene rings is 13. The number of imidazole rings is 1. The van der Waals surface area contributed by atoms with Crippen molar-refractivity contribution in [2.24, 2.45) is 0 Å². The van der Waals surface area contributed by atoms with Gasteiger partial charge in [0.1, 0.15) is 23.8 Å². The van der Waals surface area contributed by atoms with Crippen molar-refractivity contribution in [3.63, 3.8) is 0 Å². The van der Waals surface area contributed by atoms with Crippen LogP contribution in [0.2, 0.25) is 0 Å². The first-order chi connectivity index (χ1) is 47.0. The zero-order valence-electron chi connectivity index (χ0n) is 53.5. The van der Waals surface area contributed by atoms with Crippen LogP contribution in [0.3, 0.4) is 0 Å². The van der Waals surface area contributed by atoms with Gasteiger partial charge in [0.15, 0.2) is 0 Å². The van der Waals surface area contributed by atoms with Crippen molar-refractivity contribution in [3.8, 4) is 11.4 Å². The fraction of sp³-hybridized carbons (Fsp3) is 0.0795. The van der Waals surface area contributed by atoms with E-state index in [2.05, 4.69) is 393 Å². The molecule has 0 bridgehead atoms. The fourth-order valence-electron chi connectivity index (χ4n) is 14.3. The maximum atomic E-state index is 9.75. The van der Waals surface area contributed by atoms with Crippen LogP contribution in [0.1, 0.15) is 118 Å². The van der Waals surface area contributed by atoms with Gasteiger partial charge in [0.05, 0.1) is 5.16 Å². The first-order valence-electron chi connectivity index (χ1n) is 32.7. The van der Waals surface area contributed by atoms with E-state index >= 15 is 0 Å². The summed E-state index contributed by atoms with van der Waals surface area (Å²) in [6.45, 7) is 4.60. The monoisotopic (exact) mass is 1270 g/mol. The second-order valence-corrected chi connectivity index (χ2v) is 25.9. The minimum atomic E-state index is -6.00. The molecule has 0 N–H and O–H groups in total. The van der Waals surface area contributed by atoms with Crippen LogP contribution in [0.25, 0.3) is 11.4 Å². The van der Waals surface area contributed by atoms with E-state index in [0.717, 1.165) is 16.9 Å². The quantitative estimate of drug-likeness (QED) is 0.0251. The molecule has 0 radical (unpaired) electrons. The van der Waals surface area contributed by atoms with Crippen molar-refractivity contribution >= 4 is 21.4 Å². The Kier molecular flexibility index (Phi) is 19.5. The first kappa shape index (κ1) is 64.0. The highest BCUT2D eigenvalue weighted by atomic mass is 31.1. The lowest BCUT2D eigenvalue weighted by molar-refractivity contribution is -0.576. The minimum Gasteiger partial charge on any atom is -0.418 e. The number of aromatic nitrogens is 2. The van der Waals surface area contributed by atoms with Gasteiger partial charge in [-0.1, -0.05) is 369 Å². The smallest absolute Gasteiger partial charge is 0.418 e. The summed E-state index contributed by atoms with van der Waals surface area (Å²) < 4.78 is 44.3. The molecule has 0 spiro atoms. The zero-order valence-corrected chi connectivity index (χ0v) is 54.5. The predicted octanol–water partition coefficient (Wildman–Crippen LogP) is 21.7. The van der Waals surface area contributed by atoms with Crippen molar-refractivity contribution in [3.05, 3.63) is 465 Å². The molecule has 13 aromatic carbocycles. The lowest BCUT2D eigenvalue weighted by atomic mass is 9.78. The van der Waals surface area contributed by atoms with E-state index in [9.17, 15) is 17.3 Å². The third-order valence-corrected chi connectivity index (χ3v) is 20.1. The Morgan fingerprint density at radius 1 is 0.312 bits per heavy atom. The van der Waals surface area contributed by atoms with E-state index in [1.54, 1.807) is 0 Å². The Morgan fingerprint density at radius 2 is 0.521 bits per heavy atom. The van der Waals surface area contributed by atoms with Gasteiger partial charge in [-0.25, -0.2) is 0 Å². The van der Waals surface area contributed by atoms with E-state index in [-0.39, 0.29) is 32.3 Å². The van der Waals surface area contributed by atoms with Crippen LogP contribution in [0.15, 0.2) is 370 Å². The maximum Gasteiger partial charge on any atom is 0.673 e. The summed E-state index contributed by atoms with van der Waals surface area (Å²) >= 11 is 0. The molecule has 0 aliphatic rings. The molecule has 14 rings (SSSR count). The van der Waals surface area contributed by atoms with Gasteiger partial charge in [-0.3, -0.25) is 0 Å². The molecule has 0 fully saturated rings. The summed E-state index contributed by atoms with van der Waals surface area (Å²) in [4.78, 5) is 0. The predicted molar refractivity (Wildman–Crippen MR) is 389 cm³/mol. The Balaban J connectivity index is 0.00000161. The fourth-order valence-corrected chi connectivity index (χ4v) is 16.2. The molecular weight excluding hydrogens is 1200 g/mol. The van der Waals surface area contributed by atoms with Crippen LogP contribution in [-0.4, -0.2) is 11.8 Å². The highest BCUT2D eigenvalue weighted by Gasteiger charge is 2.44. The zero-order chi connectivity index (χ0) is 65.9. The van der Waals surface area contributed by atoms with E-state index in [4.69, 9.17) is 0 Å². The van der Waals surface area contributed by atoms with E-state index in [1.165, 1.54) is 94.6 Å². The molecule has 1 aromatic heterocycles. The van der Waals surface area contributed by atoms with Crippen LogP contribution in [0, 0.1) is 13.8 Å². The molecule has 2 nitrogen and oxygen atoms in total. The number of rotatable bonds is 19. The average Bonchev–Trinajstić information content (AvgIpc) is 1.35. The molecular formula is C88H72BF4N2P. The molecule has 1 unspecified atom stereocenters. The van der Waals surface area contributed by atoms with Gasteiger partial charge < -0.3 is 17.3 Å². The summed E-state index contributed by atoms with van der Waals surface area (Å²) in [7, 11) is -5.92. The normalized spacial score (nSPS) is 11.8. The Hall–Kier alpha value is -10.7. The highest BCUT2D eigenvalue weighted by molar-refractivity contribution is 7.48. The van der Waals surface area contributed by atoms with Crippen molar-refractivity contribution < 1.29 is 21.8 Å². The van der Waals surface area contributed by atoms with Crippen LogP contribution in [0.4, 0.5) is 17.3 Å². The Bertz CT molecular complexity index is 4080. The second kappa shape index (κ2) is 29.3. The minimum absolute atomic E-state index is 0.0836. The third-order valence-electron chi connectivity index (χ3n) is 18.2. The maximum absolute atomic E-state index is 9.75. The van der Waals surface area contributed by atoms with E-state index in [1.807, 2.05) is 0 Å². The largest absolute Gasteiger partial charge is 0.673 e. The molecule has 0 saturated heterocycles. The molecule has 0 aliphatic heterocycles. The number of nitrogens with zero attached hydrogens (tertiary/aromatic N) is 2. The lowest BCUT2D eigenvalue weighted by Crippen LogP contribution is -2.49. The molecule has 0 amide bonds. The molecule has 96 heavy (non-hydrogen) atoms. The summed E-state index contributed by atoms with van der Waals surface area (Å²) in [5.41, 5.74) is 24.2. The SMILES string of the molecule is Cc1cc(C(c2ccccc2)c2ccccc2)c(-n2cc[n+](-c3c(C(c4ccccc4)c4ccccc4)cc(C)cc3C(c3ccccc3)c3ccccc3)c2PC(c2ccccc2)(c2ccccc2)c2ccccc2)c(C(c2ccccc2)c2ccccc2)c1.F[B-](F)(F)F. The first-order valence-corrected chi connectivity index (χ1v) is 33.7. The van der Waals surface area contributed by atoms with Crippen molar-refractivity contribution in [1.82, 2.24) is 4.57 Å². The van der Waals surface area contributed by atoms with Gasteiger partial charge >= 0.3 is 7.25 Å². The van der Waals surface area contributed by atoms with Gasteiger partial charge in [0, 0.05) is 54.5 Å². The standard InChI is InChI=1S/C88H72N2P.BF4/c1-64-60-77(81(66-36-14-3-15-37-66)67-38-16-4-17-39-67)85(78(61-64)82(68-40-18-5-19-41-68)69-42-20-6-21-43-69)89-58-59-90(87(89)91-88(74-52-30-11-31-53-74,75-54-32-12-33-55-75)76-56-34-13-35-57-76)86-79(83(70-44-22-7-23-45-70)71-46-24-8-25-47-71)62-65(2)63-80(86)84(72-48-26-9-27-49-72)73-50-28-10-29-51-73;2-1(3,4)5/h3-63,81-84,91H,1-2H3;/q+1;-1. The number of hydrogen-bond acceptors (Lipinski definition) is 0. The van der Waals surface area contributed by atoms with Crippen molar-refractivity contribution in [2.75, 3.05) is 0 Å². The molecule has 1 atom stereocenters. The highest BCUT2D eigenvalue weighted by Crippen LogP contribution is 2.53. The van der Waals surface area contributed by atoms with Crippen LogP contribution in [-0.2, 0) is 5.16 Å².